The number of hydrogen-bond donors (Lipinski definition) is 4. The molecule has 22 heavy (non-hydrogen) atoms. The number of nitrogens with one attached hydrogen (secondary N) is 2. The van der Waals surface area contributed by atoms with Gasteiger partial charge in [-0.15, -0.1) is 0 Å². The number of nitrogens with two attached hydrogens (primary N) is 2. The number of H-pyrrole nitrogens is 2. The Hall–Kier alpha value is -1.48. The van der Waals surface area contributed by atoms with Gasteiger partial charge < -0.3 is 44.5 Å². The van der Waals surface area contributed by atoms with Crippen LogP contribution in [0.15, 0.2) is 18.6 Å². The fraction of sp³-hybridized carbons (Fsp3) is 0.500. The van der Waals surface area contributed by atoms with Crippen LogP contribution in [0.3, 0.4) is 0 Å². The first-order valence-electron chi connectivity index (χ1n) is 6.77. The summed E-state index contributed by atoms with van der Waals surface area (Å²) >= 11 is 0. The molecule has 0 saturated heterocycles. The molecule has 0 spiro atoms. The summed E-state index contributed by atoms with van der Waals surface area (Å²) in [6.07, 6.45) is 1.67. The number of quaternary nitrogens is 2. The topological polar surface area (TPSA) is 125 Å². The summed E-state index contributed by atoms with van der Waals surface area (Å²) in [6, 6.07) is 0. The summed E-state index contributed by atoms with van der Waals surface area (Å²) in [7, 11) is 0. The van der Waals surface area contributed by atoms with Gasteiger partial charge in [0.1, 0.15) is 13.1 Å². The molecule has 0 radical (unpaired) electrons. The summed E-state index contributed by atoms with van der Waals surface area (Å²) in [6.45, 7) is 3.59. The Kier molecular flexibility index (Phi) is 6.95. The van der Waals surface area contributed by atoms with Gasteiger partial charge in [-0.3, -0.25) is 9.59 Å². The fourth-order valence-electron chi connectivity index (χ4n) is 2.51. The molecule has 0 bridgehead atoms. The average molecular weight is 353 g/mol. The van der Waals surface area contributed by atoms with Gasteiger partial charge in [-0.1, -0.05) is 0 Å². The van der Waals surface area contributed by atoms with E-state index in [1.54, 1.807) is 0 Å². The zero-order valence-corrected chi connectivity index (χ0v) is 13.3. The largest absolute Gasteiger partial charge is 1.00 e. The van der Waals surface area contributed by atoms with Crippen molar-refractivity contribution < 1.29 is 44.5 Å². The van der Waals surface area contributed by atoms with Crippen molar-refractivity contribution in [1.29, 1.82) is 0 Å². The second-order valence-corrected chi connectivity index (χ2v) is 4.93. The zero-order chi connectivity index (χ0) is 13.9. The van der Waals surface area contributed by atoms with Gasteiger partial charge in [0, 0.05) is 12.8 Å². The average Bonchev–Trinajstić information content (AvgIpc) is 3.05. The van der Waals surface area contributed by atoms with Crippen molar-refractivity contribution in [3.05, 3.63) is 43.4 Å². The minimum absolute atomic E-state index is 0. The Morgan fingerprint density at radius 1 is 0.773 bits per heavy atom. The predicted molar refractivity (Wildman–Crippen MR) is 67.1 cm³/mol. The van der Waals surface area contributed by atoms with Crippen LogP contribution in [0, 0.1) is 0 Å². The van der Waals surface area contributed by atoms with E-state index in [2.05, 4.69) is 20.9 Å². The highest BCUT2D eigenvalue weighted by molar-refractivity contribution is 5.14. The van der Waals surface area contributed by atoms with Gasteiger partial charge in [-0.25, -0.2) is 0 Å². The molecular formula is C12H18Cl2N4O4. The SMILES string of the molecule is O=c1[nH]oc2c1CC[NH2+]C2.O=c1[nH]oc2c1CC[NH2+]C2.[Cl-].[Cl-]. The zero-order valence-electron chi connectivity index (χ0n) is 11.8. The van der Waals surface area contributed by atoms with E-state index in [1.165, 1.54) is 0 Å². The molecule has 0 amide bonds. The van der Waals surface area contributed by atoms with Crippen molar-refractivity contribution in [3.63, 3.8) is 0 Å². The number of rotatable bonds is 0. The van der Waals surface area contributed by atoms with Gasteiger partial charge in [0.25, 0.3) is 11.1 Å². The van der Waals surface area contributed by atoms with Crippen molar-refractivity contribution in [2.45, 2.75) is 25.9 Å². The van der Waals surface area contributed by atoms with Crippen LogP contribution >= 0.6 is 0 Å². The van der Waals surface area contributed by atoms with Crippen molar-refractivity contribution in [1.82, 2.24) is 10.3 Å². The minimum atomic E-state index is -0.0527. The van der Waals surface area contributed by atoms with E-state index >= 15 is 0 Å². The third-order valence-electron chi connectivity index (χ3n) is 3.61. The number of fused-ring (bicyclic) bond motifs is 2. The van der Waals surface area contributed by atoms with Crippen molar-refractivity contribution in [3.8, 4) is 0 Å². The van der Waals surface area contributed by atoms with Crippen LogP contribution in [0.4, 0.5) is 0 Å². The van der Waals surface area contributed by atoms with Gasteiger partial charge in [0.05, 0.1) is 24.2 Å². The van der Waals surface area contributed by atoms with Gasteiger partial charge in [0.15, 0.2) is 11.5 Å². The van der Waals surface area contributed by atoms with Gasteiger partial charge in [-0.2, -0.15) is 10.3 Å². The van der Waals surface area contributed by atoms with E-state index in [9.17, 15) is 9.59 Å². The highest BCUT2D eigenvalue weighted by Gasteiger charge is 2.18. The van der Waals surface area contributed by atoms with Crippen LogP contribution < -0.4 is 46.6 Å². The van der Waals surface area contributed by atoms with Crippen molar-refractivity contribution in [2.24, 2.45) is 0 Å². The molecule has 4 heterocycles. The lowest BCUT2D eigenvalue weighted by Gasteiger charge is -2.04. The first-order valence-corrected chi connectivity index (χ1v) is 6.77. The molecule has 2 aliphatic rings. The standard InChI is InChI=1S/2C6H8N2O2.2ClH/c2*9-6-4-1-2-7-3-5(4)10-8-6;;/h2*7H,1-3H2,(H,8,9);2*1H. The molecule has 0 fully saturated rings. The van der Waals surface area contributed by atoms with Crippen LogP contribution in [0.25, 0.3) is 0 Å². The predicted octanol–water partition coefficient (Wildman–Crippen LogP) is -8.82. The maximum atomic E-state index is 10.9. The summed E-state index contributed by atoms with van der Waals surface area (Å²) < 4.78 is 9.84. The van der Waals surface area contributed by atoms with Crippen LogP contribution in [0.1, 0.15) is 22.6 Å². The molecule has 0 atom stereocenters. The molecule has 6 N–H and O–H groups in total. The Bertz CT molecular complexity index is 642. The number of halogens is 2. The number of aromatic nitrogens is 2. The van der Waals surface area contributed by atoms with Crippen molar-refractivity contribution in [2.75, 3.05) is 13.1 Å². The number of aromatic amines is 2. The van der Waals surface area contributed by atoms with E-state index in [0.29, 0.717) is 0 Å². The molecule has 0 saturated carbocycles. The second-order valence-electron chi connectivity index (χ2n) is 4.93. The van der Waals surface area contributed by atoms with E-state index in [1.807, 2.05) is 0 Å². The normalized spacial score (nSPS) is 15.3. The molecule has 8 nitrogen and oxygen atoms in total. The Labute approximate surface area is 137 Å². The lowest BCUT2D eigenvalue weighted by molar-refractivity contribution is -0.675. The maximum Gasteiger partial charge on any atom is 0.283 e. The second kappa shape index (κ2) is 8.23. The number of hydrogen-bond acceptors (Lipinski definition) is 4. The third-order valence-corrected chi connectivity index (χ3v) is 3.61. The molecule has 10 heteroatoms. The lowest BCUT2D eigenvalue weighted by Crippen LogP contribution is -3.00. The van der Waals surface area contributed by atoms with Crippen LogP contribution in [-0.2, 0) is 25.9 Å². The van der Waals surface area contributed by atoms with Gasteiger partial charge >= 0.3 is 0 Å². The Morgan fingerprint density at radius 3 is 1.55 bits per heavy atom. The molecule has 0 aliphatic carbocycles. The van der Waals surface area contributed by atoms with E-state index < -0.39 is 0 Å². The molecule has 4 rings (SSSR count). The van der Waals surface area contributed by atoms with E-state index in [4.69, 9.17) is 9.05 Å². The summed E-state index contributed by atoms with van der Waals surface area (Å²) in [5.41, 5.74) is 1.57. The minimum Gasteiger partial charge on any atom is -1.00 e. The Morgan fingerprint density at radius 2 is 1.18 bits per heavy atom. The van der Waals surface area contributed by atoms with Crippen LogP contribution in [0.2, 0.25) is 0 Å². The van der Waals surface area contributed by atoms with Crippen LogP contribution in [-0.4, -0.2) is 23.4 Å². The summed E-state index contributed by atoms with van der Waals surface area (Å²) in [5, 5.41) is 8.91. The molecule has 2 aromatic heterocycles. The lowest BCUT2D eigenvalue weighted by atomic mass is 10.1. The monoisotopic (exact) mass is 352 g/mol. The molecule has 0 unspecified atom stereocenters. The van der Waals surface area contributed by atoms with Gasteiger partial charge in [-0.05, 0) is 0 Å². The van der Waals surface area contributed by atoms with Crippen molar-refractivity contribution >= 4 is 0 Å². The summed E-state index contributed by atoms with van der Waals surface area (Å²) in [5.74, 6) is 1.63. The van der Waals surface area contributed by atoms with E-state index in [-0.39, 0.29) is 35.9 Å². The summed E-state index contributed by atoms with van der Waals surface area (Å²) in [4.78, 5) is 21.8. The quantitative estimate of drug-likeness (QED) is 0.375. The highest BCUT2D eigenvalue weighted by Crippen LogP contribution is 2.03. The highest BCUT2D eigenvalue weighted by atomic mass is 35.5. The molecule has 0 aromatic carbocycles. The first kappa shape index (κ1) is 18.6. The fourth-order valence-corrected chi connectivity index (χ4v) is 2.51. The molecular weight excluding hydrogens is 335 g/mol. The van der Waals surface area contributed by atoms with Crippen LogP contribution in [0.5, 0.6) is 0 Å². The molecule has 2 aliphatic heterocycles. The maximum absolute atomic E-state index is 10.9. The van der Waals surface area contributed by atoms with E-state index in [0.717, 1.165) is 61.7 Å². The first-order chi connectivity index (χ1) is 9.75. The third kappa shape index (κ3) is 3.83. The molecule has 124 valence electrons. The Balaban J connectivity index is 0.000000202. The van der Waals surface area contributed by atoms with Gasteiger partial charge in [0.2, 0.25) is 0 Å². The molecule has 2 aromatic rings. The smallest absolute Gasteiger partial charge is 0.283 e.